The van der Waals surface area contributed by atoms with E-state index in [1.807, 2.05) is 60.7 Å². The Labute approximate surface area is 97.4 Å². The summed E-state index contributed by atoms with van der Waals surface area (Å²) in [5.41, 5.74) is 2.10. The maximum absolute atomic E-state index is 3.11. The quantitative estimate of drug-likeness (QED) is 0.588. The van der Waals surface area contributed by atoms with E-state index in [4.69, 9.17) is 0 Å². The van der Waals surface area contributed by atoms with Crippen molar-refractivity contribution in [2.24, 2.45) is 0 Å². The van der Waals surface area contributed by atoms with Crippen LogP contribution in [0.25, 0.3) is 0 Å². The van der Waals surface area contributed by atoms with Crippen LogP contribution in [0.2, 0.25) is 0 Å². The molecule has 0 amide bonds. The first-order chi connectivity index (χ1) is 6.95. The molecule has 0 aliphatic heterocycles. The highest BCUT2D eigenvalue weighted by Crippen LogP contribution is 1.98. The van der Waals surface area contributed by atoms with Crippen LogP contribution in [-0.4, -0.2) is 0 Å². The molecule has 0 saturated heterocycles. The van der Waals surface area contributed by atoms with Crippen molar-refractivity contribution < 1.29 is 0 Å². The van der Waals surface area contributed by atoms with Gasteiger partial charge in [-0.1, -0.05) is 48.2 Å². The number of benzene rings is 2. The molecule has 0 spiro atoms. The van der Waals surface area contributed by atoms with Crippen LogP contribution in [0.3, 0.4) is 0 Å². The summed E-state index contributed by atoms with van der Waals surface area (Å²) in [4.78, 5) is 0. The predicted molar refractivity (Wildman–Crippen MR) is 69.2 cm³/mol. The van der Waals surface area contributed by atoms with E-state index in [2.05, 4.69) is 11.8 Å². The molecule has 1 heteroatoms. The van der Waals surface area contributed by atoms with E-state index in [0.29, 0.717) is 0 Å². The van der Waals surface area contributed by atoms with Crippen LogP contribution in [0.1, 0.15) is 11.1 Å². The summed E-state index contributed by atoms with van der Waals surface area (Å²) in [6.45, 7) is 0. The Bertz CT molecular complexity index is 405. The zero-order chi connectivity index (χ0) is 9.64. The topological polar surface area (TPSA) is 0 Å². The van der Waals surface area contributed by atoms with Gasteiger partial charge in [0.05, 0.1) is 0 Å². The van der Waals surface area contributed by atoms with Gasteiger partial charge in [0.2, 0.25) is 0 Å². The van der Waals surface area contributed by atoms with Crippen LogP contribution in [0.15, 0.2) is 60.7 Å². The third-order valence-electron chi connectivity index (χ3n) is 1.90. The van der Waals surface area contributed by atoms with Gasteiger partial charge in [-0.3, -0.25) is 0 Å². The first-order valence-corrected chi connectivity index (χ1v) is 4.57. The summed E-state index contributed by atoms with van der Waals surface area (Å²) < 4.78 is 0. The summed E-state index contributed by atoms with van der Waals surface area (Å²) in [6.07, 6.45) is 0. The molecule has 2 aromatic carbocycles. The fraction of sp³-hybridized carbons (Fsp3) is 0. The normalized spacial score (nSPS) is 8.27. The summed E-state index contributed by atoms with van der Waals surface area (Å²) in [5, 5.41) is 0. The van der Waals surface area contributed by atoms with Crippen molar-refractivity contribution in [2.45, 2.75) is 0 Å². The number of hydrogen-bond donors (Lipinski definition) is 0. The SMILES string of the molecule is C(#Cc1ccccc1)c1ccccc1.S. The molecule has 0 N–H and O–H groups in total. The van der Waals surface area contributed by atoms with Crippen molar-refractivity contribution >= 4 is 13.5 Å². The Morgan fingerprint density at radius 1 is 0.533 bits per heavy atom. The molecule has 0 aliphatic carbocycles. The van der Waals surface area contributed by atoms with Gasteiger partial charge in [-0.15, -0.1) is 0 Å². The number of rotatable bonds is 0. The van der Waals surface area contributed by atoms with Gasteiger partial charge in [-0.25, -0.2) is 0 Å². The van der Waals surface area contributed by atoms with Gasteiger partial charge in [0, 0.05) is 11.1 Å². The lowest BCUT2D eigenvalue weighted by Gasteiger charge is -1.88. The number of hydrogen-bond acceptors (Lipinski definition) is 0. The zero-order valence-corrected chi connectivity index (χ0v) is 9.27. The van der Waals surface area contributed by atoms with Crippen LogP contribution in [0.5, 0.6) is 0 Å². The second-order valence-corrected chi connectivity index (χ2v) is 2.98. The van der Waals surface area contributed by atoms with E-state index in [0.717, 1.165) is 11.1 Å². The van der Waals surface area contributed by atoms with Gasteiger partial charge in [0.15, 0.2) is 0 Å². The molecule has 0 aromatic heterocycles. The molecule has 0 radical (unpaired) electrons. The van der Waals surface area contributed by atoms with Gasteiger partial charge in [-0.2, -0.15) is 13.5 Å². The summed E-state index contributed by atoms with van der Waals surface area (Å²) >= 11 is 0. The van der Waals surface area contributed by atoms with Gasteiger partial charge >= 0.3 is 0 Å². The maximum atomic E-state index is 3.11. The minimum Gasteiger partial charge on any atom is -0.197 e. The zero-order valence-electron chi connectivity index (χ0n) is 8.27. The molecule has 0 aliphatic rings. The average Bonchev–Trinajstić information content (AvgIpc) is 2.29. The van der Waals surface area contributed by atoms with E-state index in [1.54, 1.807) is 0 Å². The van der Waals surface area contributed by atoms with E-state index >= 15 is 0 Å². The van der Waals surface area contributed by atoms with Crippen LogP contribution in [0.4, 0.5) is 0 Å². The highest BCUT2D eigenvalue weighted by atomic mass is 32.1. The molecule has 0 heterocycles. The largest absolute Gasteiger partial charge is 0.197 e. The average molecular weight is 212 g/mol. The molecule has 0 fully saturated rings. The molecule has 0 saturated carbocycles. The lowest BCUT2D eigenvalue weighted by molar-refractivity contribution is 1.62. The monoisotopic (exact) mass is 212 g/mol. The van der Waals surface area contributed by atoms with Crippen molar-refractivity contribution in [1.82, 2.24) is 0 Å². The Kier molecular flexibility index (Phi) is 4.53. The van der Waals surface area contributed by atoms with Crippen LogP contribution in [0, 0.1) is 11.8 Å². The van der Waals surface area contributed by atoms with E-state index < -0.39 is 0 Å². The summed E-state index contributed by atoms with van der Waals surface area (Å²) in [5.74, 6) is 6.22. The molecule has 2 rings (SSSR count). The lowest BCUT2D eigenvalue weighted by Crippen LogP contribution is -1.73. The molecule has 0 unspecified atom stereocenters. The highest BCUT2D eigenvalue weighted by Gasteiger charge is 1.83. The van der Waals surface area contributed by atoms with Gasteiger partial charge in [0.25, 0.3) is 0 Å². The summed E-state index contributed by atoms with van der Waals surface area (Å²) in [7, 11) is 0. The third-order valence-corrected chi connectivity index (χ3v) is 1.90. The second kappa shape index (κ2) is 5.95. The Morgan fingerprint density at radius 3 is 1.20 bits per heavy atom. The second-order valence-electron chi connectivity index (χ2n) is 2.98. The molecule has 74 valence electrons. The molecule has 15 heavy (non-hydrogen) atoms. The minimum absolute atomic E-state index is 0. The minimum atomic E-state index is 0. The fourth-order valence-electron chi connectivity index (χ4n) is 1.19. The highest BCUT2D eigenvalue weighted by molar-refractivity contribution is 7.59. The lowest BCUT2D eigenvalue weighted by atomic mass is 10.2. The maximum Gasteiger partial charge on any atom is 0.0249 e. The Balaban J connectivity index is 0.00000112. The first kappa shape index (κ1) is 11.4. The fourth-order valence-corrected chi connectivity index (χ4v) is 1.19. The molecule has 0 nitrogen and oxygen atoms in total. The van der Waals surface area contributed by atoms with E-state index in [-0.39, 0.29) is 13.5 Å². The van der Waals surface area contributed by atoms with Gasteiger partial charge < -0.3 is 0 Å². The summed E-state index contributed by atoms with van der Waals surface area (Å²) in [6, 6.07) is 20.0. The molecular weight excluding hydrogens is 200 g/mol. The van der Waals surface area contributed by atoms with Crippen molar-refractivity contribution in [2.75, 3.05) is 0 Å². The Morgan fingerprint density at radius 2 is 0.867 bits per heavy atom. The smallest absolute Gasteiger partial charge is 0.0249 e. The van der Waals surface area contributed by atoms with Crippen LogP contribution >= 0.6 is 13.5 Å². The van der Waals surface area contributed by atoms with E-state index in [9.17, 15) is 0 Å². The van der Waals surface area contributed by atoms with Gasteiger partial charge in [-0.05, 0) is 24.3 Å². The Hall–Kier alpha value is -1.65. The van der Waals surface area contributed by atoms with Crippen molar-refractivity contribution in [1.29, 1.82) is 0 Å². The van der Waals surface area contributed by atoms with Crippen LogP contribution in [-0.2, 0) is 0 Å². The van der Waals surface area contributed by atoms with E-state index in [1.165, 1.54) is 0 Å². The molecule has 0 atom stereocenters. The molecule has 0 bridgehead atoms. The molecule has 2 aromatic rings. The van der Waals surface area contributed by atoms with Crippen molar-refractivity contribution in [3.05, 3.63) is 71.8 Å². The van der Waals surface area contributed by atoms with Gasteiger partial charge in [0.1, 0.15) is 0 Å². The predicted octanol–water partition coefficient (Wildman–Crippen LogP) is 3.20. The standard InChI is InChI=1S/C14H10.H2S/c1-3-7-13(8-4-1)11-12-14-9-5-2-6-10-14;/h1-10H;1H2. The van der Waals surface area contributed by atoms with Crippen molar-refractivity contribution in [3.63, 3.8) is 0 Å². The van der Waals surface area contributed by atoms with Crippen molar-refractivity contribution in [3.8, 4) is 11.8 Å². The molecular formula is C14H12S. The third kappa shape index (κ3) is 3.53. The first-order valence-electron chi connectivity index (χ1n) is 4.57. The van der Waals surface area contributed by atoms with Crippen LogP contribution < -0.4 is 0 Å².